The Bertz CT molecular complexity index is 367. The Balaban J connectivity index is 2.03. The molecule has 0 radical (unpaired) electrons. The van der Waals surface area contributed by atoms with Crippen LogP contribution in [-0.4, -0.2) is 10.9 Å². The Kier molecular flexibility index (Phi) is 3.58. The minimum atomic E-state index is 0.411. The molecule has 1 aliphatic rings. The second-order valence-corrected chi connectivity index (χ2v) is 6.28. The van der Waals surface area contributed by atoms with Crippen LogP contribution < -0.4 is 4.74 Å². The lowest BCUT2D eigenvalue weighted by Gasteiger charge is -2.31. The molecule has 0 atom stereocenters. The van der Waals surface area contributed by atoms with E-state index in [1.54, 1.807) is 0 Å². The number of aryl methyl sites for hydroxylation is 1. The van der Waals surface area contributed by atoms with Crippen LogP contribution in [0.5, 0.6) is 5.75 Å². The molecule has 1 saturated carbocycles. The fraction of sp³-hybridized carbons (Fsp3) is 0.571. The Morgan fingerprint density at radius 2 is 2.00 bits per heavy atom. The van der Waals surface area contributed by atoms with Crippen LogP contribution in [0.3, 0.4) is 0 Å². The average Bonchev–Trinajstić information content (AvgIpc) is 2.15. The summed E-state index contributed by atoms with van der Waals surface area (Å²) in [5.41, 5.74) is 2.75. The largest absolute Gasteiger partial charge is 0.490 e. The molecule has 0 aliphatic heterocycles. The van der Waals surface area contributed by atoms with E-state index in [2.05, 4.69) is 54.9 Å². The van der Waals surface area contributed by atoms with E-state index in [4.69, 9.17) is 4.74 Å². The van der Waals surface area contributed by atoms with Crippen molar-refractivity contribution >= 4 is 15.9 Å². The molecule has 1 fully saturated rings. The molecule has 0 unspecified atom stereocenters. The minimum absolute atomic E-state index is 0.411. The minimum Gasteiger partial charge on any atom is -0.490 e. The zero-order chi connectivity index (χ0) is 11.7. The highest BCUT2D eigenvalue weighted by Gasteiger charge is 2.28. The third kappa shape index (κ3) is 2.60. The van der Waals surface area contributed by atoms with Crippen molar-refractivity contribution in [3.8, 4) is 5.75 Å². The molecular formula is C14H19BrO. The van der Waals surface area contributed by atoms with E-state index < -0.39 is 0 Å². The SMILES string of the molecule is Cc1cc(OC2CC(Br)C2)ccc1C(C)C. The summed E-state index contributed by atoms with van der Waals surface area (Å²) in [4.78, 5) is 0.661. The van der Waals surface area contributed by atoms with Crippen molar-refractivity contribution in [3.05, 3.63) is 29.3 Å². The van der Waals surface area contributed by atoms with Gasteiger partial charge in [-0.25, -0.2) is 0 Å². The highest BCUT2D eigenvalue weighted by molar-refractivity contribution is 9.09. The molecule has 1 aromatic carbocycles. The second kappa shape index (κ2) is 4.79. The molecule has 0 heterocycles. The van der Waals surface area contributed by atoms with Gasteiger partial charge in [0.05, 0.1) is 0 Å². The van der Waals surface area contributed by atoms with Gasteiger partial charge >= 0.3 is 0 Å². The van der Waals surface area contributed by atoms with Crippen LogP contribution in [0.15, 0.2) is 18.2 Å². The molecule has 0 aromatic heterocycles. The monoisotopic (exact) mass is 282 g/mol. The van der Waals surface area contributed by atoms with Crippen LogP contribution in [0.1, 0.15) is 43.7 Å². The molecule has 88 valence electrons. The first-order valence-electron chi connectivity index (χ1n) is 5.97. The van der Waals surface area contributed by atoms with Crippen molar-refractivity contribution < 1.29 is 4.74 Å². The van der Waals surface area contributed by atoms with E-state index >= 15 is 0 Å². The fourth-order valence-electron chi connectivity index (χ4n) is 2.16. The van der Waals surface area contributed by atoms with Crippen molar-refractivity contribution in [2.75, 3.05) is 0 Å². The summed E-state index contributed by atoms with van der Waals surface area (Å²) in [5.74, 6) is 1.61. The lowest BCUT2D eigenvalue weighted by molar-refractivity contribution is 0.128. The van der Waals surface area contributed by atoms with Gasteiger partial charge in [0.15, 0.2) is 0 Å². The van der Waals surface area contributed by atoms with Gasteiger partial charge in [-0.15, -0.1) is 0 Å². The highest BCUT2D eigenvalue weighted by atomic mass is 79.9. The Labute approximate surface area is 106 Å². The Morgan fingerprint density at radius 1 is 1.31 bits per heavy atom. The summed E-state index contributed by atoms with van der Waals surface area (Å²) in [6.07, 6.45) is 2.67. The average molecular weight is 283 g/mol. The predicted octanol–water partition coefficient (Wildman–Crippen LogP) is 4.42. The maximum absolute atomic E-state index is 5.91. The van der Waals surface area contributed by atoms with Gasteiger partial charge in [0.1, 0.15) is 11.9 Å². The van der Waals surface area contributed by atoms with Gasteiger partial charge in [0.2, 0.25) is 0 Å². The number of benzene rings is 1. The maximum atomic E-state index is 5.91. The van der Waals surface area contributed by atoms with E-state index in [0.717, 1.165) is 18.6 Å². The van der Waals surface area contributed by atoms with Gasteiger partial charge in [-0.3, -0.25) is 0 Å². The number of rotatable bonds is 3. The van der Waals surface area contributed by atoms with Gasteiger partial charge in [0.25, 0.3) is 0 Å². The van der Waals surface area contributed by atoms with Crippen molar-refractivity contribution in [2.45, 2.75) is 50.5 Å². The predicted molar refractivity (Wildman–Crippen MR) is 71.6 cm³/mol. The molecule has 1 nitrogen and oxygen atoms in total. The number of alkyl halides is 1. The molecule has 16 heavy (non-hydrogen) atoms. The van der Waals surface area contributed by atoms with Crippen LogP contribution in [0, 0.1) is 6.92 Å². The fourth-order valence-corrected chi connectivity index (χ4v) is 2.99. The summed E-state index contributed by atoms with van der Waals surface area (Å²) < 4.78 is 5.91. The van der Waals surface area contributed by atoms with Crippen LogP contribution in [-0.2, 0) is 0 Å². The third-order valence-corrected chi connectivity index (χ3v) is 3.95. The standard InChI is InChI=1S/C14H19BrO/c1-9(2)14-5-4-12(6-10(14)3)16-13-7-11(15)8-13/h4-6,9,11,13H,7-8H2,1-3H3. The molecular weight excluding hydrogens is 264 g/mol. The van der Waals surface area contributed by atoms with Crippen molar-refractivity contribution in [2.24, 2.45) is 0 Å². The molecule has 0 amide bonds. The molecule has 0 spiro atoms. The first kappa shape index (κ1) is 12.0. The van der Waals surface area contributed by atoms with E-state index in [0.29, 0.717) is 16.8 Å². The summed E-state index contributed by atoms with van der Waals surface area (Å²) in [6.45, 7) is 6.62. The van der Waals surface area contributed by atoms with Crippen LogP contribution in [0.2, 0.25) is 0 Å². The van der Waals surface area contributed by atoms with Crippen LogP contribution in [0.4, 0.5) is 0 Å². The number of hydrogen-bond donors (Lipinski definition) is 0. The van der Waals surface area contributed by atoms with Gasteiger partial charge < -0.3 is 4.74 Å². The molecule has 1 aromatic rings. The Morgan fingerprint density at radius 3 is 2.50 bits per heavy atom. The highest BCUT2D eigenvalue weighted by Crippen LogP contribution is 2.32. The van der Waals surface area contributed by atoms with Gasteiger partial charge in [0, 0.05) is 4.83 Å². The number of hydrogen-bond acceptors (Lipinski definition) is 1. The lowest BCUT2D eigenvalue weighted by atomic mass is 9.95. The molecule has 0 bridgehead atoms. The quantitative estimate of drug-likeness (QED) is 0.746. The maximum Gasteiger partial charge on any atom is 0.120 e. The topological polar surface area (TPSA) is 9.23 Å². The van der Waals surface area contributed by atoms with Crippen molar-refractivity contribution in [1.82, 2.24) is 0 Å². The molecule has 2 heteroatoms. The van der Waals surface area contributed by atoms with E-state index in [1.165, 1.54) is 11.1 Å². The lowest BCUT2D eigenvalue weighted by Crippen LogP contribution is -2.33. The van der Waals surface area contributed by atoms with E-state index in [1.807, 2.05) is 0 Å². The first-order valence-corrected chi connectivity index (χ1v) is 6.89. The summed E-state index contributed by atoms with van der Waals surface area (Å²) in [7, 11) is 0. The van der Waals surface area contributed by atoms with Gasteiger partial charge in [-0.1, -0.05) is 35.8 Å². The van der Waals surface area contributed by atoms with Crippen LogP contribution >= 0.6 is 15.9 Å². The zero-order valence-corrected chi connectivity index (χ0v) is 11.8. The first-order chi connectivity index (χ1) is 7.56. The van der Waals surface area contributed by atoms with Gasteiger partial charge in [-0.05, 0) is 48.9 Å². The summed E-state index contributed by atoms with van der Waals surface area (Å²) >= 11 is 3.58. The molecule has 1 aliphatic carbocycles. The Hall–Kier alpha value is -0.500. The summed E-state index contributed by atoms with van der Waals surface area (Å²) in [6, 6.07) is 6.46. The smallest absolute Gasteiger partial charge is 0.120 e. The second-order valence-electron chi connectivity index (χ2n) is 4.98. The molecule has 0 N–H and O–H groups in total. The zero-order valence-electron chi connectivity index (χ0n) is 10.2. The molecule has 0 saturated heterocycles. The van der Waals surface area contributed by atoms with Gasteiger partial charge in [-0.2, -0.15) is 0 Å². The normalized spacial score (nSPS) is 24.3. The van der Waals surface area contributed by atoms with Crippen LogP contribution in [0.25, 0.3) is 0 Å². The third-order valence-electron chi connectivity index (χ3n) is 3.20. The number of halogens is 1. The van der Waals surface area contributed by atoms with E-state index in [9.17, 15) is 0 Å². The van der Waals surface area contributed by atoms with Crippen molar-refractivity contribution in [1.29, 1.82) is 0 Å². The van der Waals surface area contributed by atoms with E-state index in [-0.39, 0.29) is 0 Å². The molecule has 2 rings (SSSR count). The number of ether oxygens (including phenoxy) is 1. The summed E-state index contributed by atoms with van der Waals surface area (Å²) in [5, 5.41) is 0. The van der Waals surface area contributed by atoms with Crippen molar-refractivity contribution in [3.63, 3.8) is 0 Å².